The van der Waals surface area contributed by atoms with E-state index in [0.29, 0.717) is 31.1 Å². The SMILES string of the molecule is O=C1CN(c2nc(=O)c3cc(C(F)(F)F)cc([N+](=O)[O-])c3o2)CCN1CC1CCCCC1. The number of carbonyl (C=O) groups is 1. The minimum Gasteiger partial charge on any atom is -0.417 e. The summed E-state index contributed by atoms with van der Waals surface area (Å²) in [5.41, 5.74) is -4.02. The monoisotopic (exact) mass is 454 g/mol. The number of amides is 1. The van der Waals surface area contributed by atoms with Crippen LogP contribution >= 0.6 is 0 Å². The predicted molar refractivity (Wildman–Crippen MR) is 107 cm³/mol. The van der Waals surface area contributed by atoms with E-state index in [9.17, 15) is 32.9 Å². The van der Waals surface area contributed by atoms with E-state index in [4.69, 9.17) is 4.42 Å². The van der Waals surface area contributed by atoms with Gasteiger partial charge in [-0.15, -0.1) is 0 Å². The van der Waals surface area contributed by atoms with Crippen LogP contribution in [0, 0.1) is 16.0 Å². The molecule has 2 heterocycles. The quantitative estimate of drug-likeness (QED) is 0.515. The van der Waals surface area contributed by atoms with Crippen LogP contribution in [0.5, 0.6) is 0 Å². The van der Waals surface area contributed by atoms with Crippen molar-refractivity contribution in [3.05, 3.63) is 38.2 Å². The number of hydrogen-bond acceptors (Lipinski definition) is 7. The Hall–Kier alpha value is -3.18. The fourth-order valence-corrected chi connectivity index (χ4v) is 4.32. The largest absolute Gasteiger partial charge is 0.417 e. The molecule has 9 nitrogen and oxygen atoms in total. The van der Waals surface area contributed by atoms with Crippen LogP contribution in [0.15, 0.2) is 21.3 Å². The Morgan fingerprint density at radius 3 is 2.50 bits per heavy atom. The van der Waals surface area contributed by atoms with Crippen LogP contribution in [0.25, 0.3) is 11.0 Å². The molecular weight excluding hydrogens is 433 g/mol. The maximum atomic E-state index is 13.1. The molecule has 12 heteroatoms. The molecule has 1 saturated heterocycles. The highest BCUT2D eigenvalue weighted by molar-refractivity contribution is 5.86. The third kappa shape index (κ3) is 4.39. The van der Waals surface area contributed by atoms with E-state index in [0.717, 1.165) is 25.7 Å². The van der Waals surface area contributed by atoms with Crippen molar-refractivity contribution < 1.29 is 27.3 Å². The molecule has 2 fully saturated rings. The standard InChI is InChI=1S/C20H21F3N4O5/c21-20(22,23)13-8-14-17(15(9-13)27(30)31)32-19(24-18(14)29)26-7-6-25(16(28)11-26)10-12-4-2-1-3-5-12/h8-9,12H,1-7,10-11H2. The summed E-state index contributed by atoms with van der Waals surface area (Å²) in [6.45, 7) is 1.18. The number of benzene rings is 1. The highest BCUT2D eigenvalue weighted by atomic mass is 19.4. The van der Waals surface area contributed by atoms with Gasteiger partial charge in [-0.25, -0.2) is 0 Å². The van der Waals surface area contributed by atoms with Gasteiger partial charge in [0.1, 0.15) is 6.54 Å². The number of nitro groups is 1. The summed E-state index contributed by atoms with van der Waals surface area (Å²) in [6.07, 6.45) is 0.794. The summed E-state index contributed by atoms with van der Waals surface area (Å²) in [7, 11) is 0. The Kier molecular flexibility index (Phi) is 5.78. The number of carbonyl (C=O) groups excluding carboxylic acids is 1. The first-order chi connectivity index (χ1) is 15.1. The number of anilines is 1. The van der Waals surface area contributed by atoms with Gasteiger partial charge in [-0.1, -0.05) is 19.3 Å². The Labute approximate surface area is 179 Å². The molecular formula is C20H21F3N4O5. The van der Waals surface area contributed by atoms with E-state index >= 15 is 0 Å². The van der Waals surface area contributed by atoms with Gasteiger partial charge in [0.15, 0.2) is 0 Å². The first-order valence-corrected chi connectivity index (χ1v) is 10.4. The van der Waals surface area contributed by atoms with E-state index in [1.54, 1.807) is 4.90 Å². The lowest BCUT2D eigenvalue weighted by Crippen LogP contribution is -2.52. The lowest BCUT2D eigenvalue weighted by atomic mass is 9.89. The van der Waals surface area contributed by atoms with Crippen molar-refractivity contribution >= 4 is 28.6 Å². The van der Waals surface area contributed by atoms with Gasteiger partial charge >= 0.3 is 17.9 Å². The molecule has 172 valence electrons. The Morgan fingerprint density at radius 2 is 1.88 bits per heavy atom. The van der Waals surface area contributed by atoms with Crippen LogP contribution in [0.2, 0.25) is 0 Å². The van der Waals surface area contributed by atoms with E-state index in [-0.39, 0.29) is 25.0 Å². The summed E-state index contributed by atoms with van der Waals surface area (Å²) >= 11 is 0. The minimum atomic E-state index is -4.88. The molecule has 4 rings (SSSR count). The summed E-state index contributed by atoms with van der Waals surface area (Å²) in [6, 6.07) is 0.483. The molecule has 1 aliphatic heterocycles. The second-order valence-corrected chi connectivity index (χ2v) is 8.19. The van der Waals surface area contributed by atoms with E-state index in [1.807, 2.05) is 0 Å². The molecule has 32 heavy (non-hydrogen) atoms. The maximum absolute atomic E-state index is 13.1. The van der Waals surface area contributed by atoms with E-state index in [2.05, 4.69) is 4.98 Å². The second kappa shape index (κ2) is 8.40. The van der Waals surface area contributed by atoms with Gasteiger partial charge in [-0.3, -0.25) is 19.7 Å². The van der Waals surface area contributed by atoms with Crippen molar-refractivity contribution in [2.75, 3.05) is 31.1 Å². The zero-order valence-corrected chi connectivity index (χ0v) is 17.1. The minimum absolute atomic E-state index is 0.136. The molecule has 2 aromatic rings. The average Bonchev–Trinajstić information content (AvgIpc) is 2.74. The van der Waals surface area contributed by atoms with Crippen LogP contribution < -0.4 is 10.5 Å². The van der Waals surface area contributed by atoms with Crippen LogP contribution in [0.1, 0.15) is 37.7 Å². The molecule has 0 spiro atoms. The first-order valence-electron chi connectivity index (χ1n) is 10.4. The van der Waals surface area contributed by atoms with Crippen molar-refractivity contribution in [1.82, 2.24) is 9.88 Å². The van der Waals surface area contributed by atoms with E-state index < -0.39 is 38.9 Å². The van der Waals surface area contributed by atoms with Crippen molar-refractivity contribution in [2.45, 2.75) is 38.3 Å². The lowest BCUT2D eigenvalue weighted by Gasteiger charge is -2.36. The zero-order valence-electron chi connectivity index (χ0n) is 17.1. The average molecular weight is 454 g/mol. The van der Waals surface area contributed by atoms with Crippen LogP contribution in [-0.4, -0.2) is 46.9 Å². The number of nitrogens with zero attached hydrogens (tertiary/aromatic N) is 4. The summed E-state index contributed by atoms with van der Waals surface area (Å²) < 4.78 is 44.7. The number of rotatable bonds is 4. The molecule has 0 atom stereocenters. The van der Waals surface area contributed by atoms with Gasteiger partial charge in [-0.05, 0) is 24.8 Å². The van der Waals surface area contributed by atoms with Gasteiger partial charge in [-0.2, -0.15) is 18.2 Å². The number of halogens is 3. The fourth-order valence-electron chi connectivity index (χ4n) is 4.32. The number of fused-ring (bicyclic) bond motifs is 1. The summed E-state index contributed by atoms with van der Waals surface area (Å²) in [5.74, 6) is 0.273. The smallest absolute Gasteiger partial charge is 0.416 e. The third-order valence-corrected chi connectivity index (χ3v) is 6.01. The molecule has 1 amide bonds. The Morgan fingerprint density at radius 1 is 1.16 bits per heavy atom. The molecule has 1 aromatic carbocycles. The molecule has 1 saturated carbocycles. The summed E-state index contributed by atoms with van der Waals surface area (Å²) in [5, 5.41) is 10.7. The van der Waals surface area contributed by atoms with Crippen molar-refractivity contribution in [2.24, 2.45) is 5.92 Å². The highest BCUT2D eigenvalue weighted by Gasteiger charge is 2.35. The normalized spacial score (nSPS) is 18.4. The van der Waals surface area contributed by atoms with Gasteiger partial charge in [0, 0.05) is 25.7 Å². The second-order valence-electron chi connectivity index (χ2n) is 8.19. The number of nitro benzene ring substituents is 1. The van der Waals surface area contributed by atoms with Crippen molar-refractivity contribution in [3.63, 3.8) is 0 Å². The molecule has 1 aliphatic carbocycles. The van der Waals surface area contributed by atoms with Gasteiger partial charge in [0.05, 0.1) is 15.9 Å². The number of alkyl halides is 3. The number of hydrogen-bond donors (Lipinski definition) is 0. The Bertz CT molecular complexity index is 1110. The molecule has 0 unspecified atom stereocenters. The van der Waals surface area contributed by atoms with Gasteiger partial charge in [0.2, 0.25) is 11.5 Å². The van der Waals surface area contributed by atoms with E-state index in [1.165, 1.54) is 11.3 Å². The van der Waals surface area contributed by atoms with Gasteiger partial charge < -0.3 is 14.2 Å². The fraction of sp³-hybridized carbons (Fsp3) is 0.550. The number of piperazine rings is 1. The Balaban J connectivity index is 1.61. The van der Waals surface area contributed by atoms with Crippen molar-refractivity contribution in [3.8, 4) is 0 Å². The van der Waals surface area contributed by atoms with Crippen LogP contribution in [-0.2, 0) is 11.0 Å². The molecule has 0 bridgehead atoms. The molecule has 0 radical (unpaired) electrons. The lowest BCUT2D eigenvalue weighted by molar-refractivity contribution is -0.383. The topological polar surface area (TPSA) is 110 Å². The molecule has 2 aliphatic rings. The molecule has 1 aromatic heterocycles. The van der Waals surface area contributed by atoms with Crippen molar-refractivity contribution in [1.29, 1.82) is 0 Å². The third-order valence-electron chi connectivity index (χ3n) is 6.01. The predicted octanol–water partition coefficient (Wildman–Crippen LogP) is 3.34. The first kappa shape index (κ1) is 22.0. The molecule has 0 N–H and O–H groups in total. The number of non-ortho nitro benzene ring substituents is 1. The van der Waals surface area contributed by atoms with Crippen LogP contribution in [0.4, 0.5) is 24.9 Å². The maximum Gasteiger partial charge on any atom is 0.416 e. The summed E-state index contributed by atoms with van der Waals surface area (Å²) in [4.78, 5) is 42.2. The van der Waals surface area contributed by atoms with Gasteiger partial charge in [0.25, 0.3) is 5.56 Å². The zero-order chi connectivity index (χ0) is 23.0. The number of aromatic nitrogens is 1. The highest BCUT2D eigenvalue weighted by Crippen LogP contribution is 2.36. The van der Waals surface area contributed by atoms with Crippen LogP contribution in [0.3, 0.4) is 0 Å².